The second-order valence-corrected chi connectivity index (χ2v) is 8.53. The molecule has 1 unspecified atom stereocenters. The number of carboxylic acid groups (broad SMARTS) is 1. The average Bonchev–Trinajstić information content (AvgIpc) is 3.00. The molecule has 0 aliphatic carbocycles. The highest BCUT2D eigenvalue weighted by molar-refractivity contribution is 8.13. The smallest absolute Gasteiger partial charge is 0.326 e. The number of carbonyl (C=O) groups excluding carboxylic acids is 3. The summed E-state index contributed by atoms with van der Waals surface area (Å²) < 4.78 is 0. The van der Waals surface area contributed by atoms with Gasteiger partial charge in [0, 0.05) is 23.6 Å². The SMILES string of the molecule is CC(CSC(=O)[C@H](C)NC(=O)C(C)(C)C)C(=O)N1CCC[C@H]1C(=O)O. The molecule has 8 heteroatoms. The zero-order chi connectivity index (χ0) is 19.4. The summed E-state index contributed by atoms with van der Waals surface area (Å²) in [5, 5.41) is 11.6. The molecule has 3 atom stereocenters. The van der Waals surface area contributed by atoms with E-state index in [0.29, 0.717) is 19.4 Å². The highest BCUT2D eigenvalue weighted by atomic mass is 32.2. The molecule has 1 fully saturated rings. The van der Waals surface area contributed by atoms with Gasteiger partial charge >= 0.3 is 5.97 Å². The largest absolute Gasteiger partial charge is 0.480 e. The van der Waals surface area contributed by atoms with Crippen molar-refractivity contribution in [1.29, 1.82) is 0 Å². The first-order valence-electron chi connectivity index (χ1n) is 8.46. The number of nitrogens with zero attached hydrogens (tertiary/aromatic N) is 1. The molecule has 2 N–H and O–H groups in total. The molecule has 0 saturated carbocycles. The zero-order valence-corrected chi connectivity index (χ0v) is 16.3. The van der Waals surface area contributed by atoms with Gasteiger partial charge in [-0.1, -0.05) is 39.5 Å². The lowest BCUT2D eigenvalue weighted by Crippen LogP contribution is -2.44. The predicted octanol–water partition coefficient (Wildman–Crippen LogP) is 1.51. The number of nitrogens with one attached hydrogen (secondary N) is 1. The van der Waals surface area contributed by atoms with Crippen LogP contribution in [0, 0.1) is 11.3 Å². The number of rotatable bonds is 6. The fourth-order valence-corrected chi connectivity index (χ4v) is 3.31. The molecule has 0 aromatic carbocycles. The Balaban J connectivity index is 2.51. The van der Waals surface area contributed by atoms with Crippen molar-refractivity contribution in [3.05, 3.63) is 0 Å². The fraction of sp³-hybridized carbons (Fsp3) is 0.765. The van der Waals surface area contributed by atoms with E-state index in [9.17, 15) is 19.2 Å². The number of aliphatic carboxylic acids is 1. The maximum Gasteiger partial charge on any atom is 0.326 e. The van der Waals surface area contributed by atoms with Gasteiger partial charge in [0.2, 0.25) is 16.9 Å². The molecule has 1 aliphatic heterocycles. The third-order valence-corrected chi connectivity index (χ3v) is 5.41. The molecule has 1 saturated heterocycles. The number of carboxylic acids is 1. The van der Waals surface area contributed by atoms with Crippen LogP contribution in [0.2, 0.25) is 0 Å². The molecule has 1 rings (SSSR count). The molecular formula is C17H28N2O5S. The van der Waals surface area contributed by atoms with E-state index in [2.05, 4.69) is 5.32 Å². The Morgan fingerprint density at radius 1 is 1.24 bits per heavy atom. The number of hydrogen-bond acceptors (Lipinski definition) is 5. The van der Waals surface area contributed by atoms with Crippen molar-refractivity contribution in [3.63, 3.8) is 0 Å². The van der Waals surface area contributed by atoms with Gasteiger partial charge in [0.1, 0.15) is 6.04 Å². The Hall–Kier alpha value is -1.57. The molecule has 1 heterocycles. The molecule has 2 amide bonds. The van der Waals surface area contributed by atoms with Crippen molar-refractivity contribution in [3.8, 4) is 0 Å². The third-order valence-electron chi connectivity index (χ3n) is 4.10. The van der Waals surface area contributed by atoms with Crippen LogP contribution in [0.1, 0.15) is 47.5 Å². The van der Waals surface area contributed by atoms with Gasteiger partial charge in [-0.3, -0.25) is 14.4 Å². The standard InChI is InChI=1S/C17H28N2O5S/c1-10(13(20)19-8-6-7-12(19)14(21)22)9-25-15(23)11(2)18-16(24)17(3,4)5/h10-12H,6-9H2,1-5H3,(H,18,24)(H,21,22)/t10?,11-,12-/m0/s1. The van der Waals surface area contributed by atoms with Gasteiger partial charge < -0.3 is 15.3 Å². The maximum absolute atomic E-state index is 12.4. The van der Waals surface area contributed by atoms with Gasteiger partial charge in [0.25, 0.3) is 0 Å². The van der Waals surface area contributed by atoms with Gasteiger partial charge in [-0.25, -0.2) is 4.79 Å². The van der Waals surface area contributed by atoms with Gasteiger partial charge in [-0.2, -0.15) is 0 Å². The second-order valence-electron chi connectivity index (χ2n) is 7.50. The van der Waals surface area contributed by atoms with Crippen LogP contribution in [-0.2, 0) is 19.2 Å². The molecule has 0 radical (unpaired) electrons. The monoisotopic (exact) mass is 372 g/mol. The van der Waals surface area contributed by atoms with E-state index in [4.69, 9.17) is 5.11 Å². The Morgan fingerprint density at radius 3 is 2.36 bits per heavy atom. The van der Waals surface area contributed by atoms with E-state index in [-0.39, 0.29) is 22.7 Å². The Morgan fingerprint density at radius 2 is 1.84 bits per heavy atom. The van der Waals surface area contributed by atoms with Crippen LogP contribution in [0.15, 0.2) is 0 Å². The van der Waals surface area contributed by atoms with Gasteiger partial charge in [-0.15, -0.1) is 0 Å². The number of thioether (sulfide) groups is 1. The molecule has 0 bridgehead atoms. The van der Waals surface area contributed by atoms with Crippen LogP contribution in [0.3, 0.4) is 0 Å². The highest BCUT2D eigenvalue weighted by Gasteiger charge is 2.36. The minimum absolute atomic E-state index is 0.209. The molecule has 0 aromatic heterocycles. The van der Waals surface area contributed by atoms with E-state index >= 15 is 0 Å². The molecule has 0 aromatic rings. The summed E-state index contributed by atoms with van der Waals surface area (Å²) in [5.74, 6) is -1.63. The first kappa shape index (κ1) is 21.5. The van der Waals surface area contributed by atoms with E-state index in [1.54, 1.807) is 34.6 Å². The number of likely N-dealkylation sites (tertiary alicyclic amines) is 1. The van der Waals surface area contributed by atoms with Crippen LogP contribution in [0.5, 0.6) is 0 Å². The predicted molar refractivity (Wildman–Crippen MR) is 96.1 cm³/mol. The molecule has 142 valence electrons. The Labute approximate surface area is 152 Å². The van der Waals surface area contributed by atoms with Gasteiger partial charge in [0.05, 0.1) is 6.04 Å². The number of hydrogen-bond donors (Lipinski definition) is 2. The molecular weight excluding hydrogens is 344 g/mol. The summed E-state index contributed by atoms with van der Waals surface area (Å²) in [5.41, 5.74) is -0.579. The molecule has 25 heavy (non-hydrogen) atoms. The minimum Gasteiger partial charge on any atom is -0.480 e. The minimum atomic E-state index is -0.986. The van der Waals surface area contributed by atoms with Crippen molar-refractivity contribution in [1.82, 2.24) is 10.2 Å². The normalized spacial score (nSPS) is 20.0. The van der Waals surface area contributed by atoms with E-state index < -0.39 is 29.4 Å². The summed E-state index contributed by atoms with van der Waals surface area (Å²) >= 11 is 0.993. The van der Waals surface area contributed by atoms with Crippen molar-refractivity contribution < 1.29 is 24.3 Å². The van der Waals surface area contributed by atoms with E-state index in [0.717, 1.165) is 11.8 Å². The maximum atomic E-state index is 12.4. The first-order valence-corrected chi connectivity index (χ1v) is 9.44. The summed E-state index contributed by atoms with van der Waals surface area (Å²) in [6.07, 6.45) is 1.15. The van der Waals surface area contributed by atoms with Crippen LogP contribution in [0.4, 0.5) is 0 Å². The van der Waals surface area contributed by atoms with Gasteiger partial charge in [0.15, 0.2) is 0 Å². The lowest BCUT2D eigenvalue weighted by atomic mass is 9.95. The van der Waals surface area contributed by atoms with Crippen molar-refractivity contribution in [2.24, 2.45) is 11.3 Å². The van der Waals surface area contributed by atoms with Crippen molar-refractivity contribution >= 4 is 34.7 Å². The van der Waals surface area contributed by atoms with Crippen LogP contribution < -0.4 is 5.32 Å². The topological polar surface area (TPSA) is 104 Å². The summed E-state index contributed by atoms with van der Waals surface area (Å²) in [6.45, 7) is 9.05. The second kappa shape index (κ2) is 8.69. The summed E-state index contributed by atoms with van der Waals surface area (Å²) in [4.78, 5) is 49.1. The molecule has 7 nitrogen and oxygen atoms in total. The average molecular weight is 372 g/mol. The van der Waals surface area contributed by atoms with Crippen LogP contribution in [-0.4, -0.2) is 57.3 Å². The van der Waals surface area contributed by atoms with E-state index in [1.807, 2.05) is 0 Å². The first-order chi connectivity index (χ1) is 11.4. The van der Waals surface area contributed by atoms with Crippen LogP contribution in [0.25, 0.3) is 0 Å². The quantitative estimate of drug-likeness (QED) is 0.732. The molecule has 0 spiro atoms. The third kappa shape index (κ3) is 6.02. The van der Waals surface area contributed by atoms with Gasteiger partial charge in [-0.05, 0) is 19.8 Å². The Bertz CT molecular complexity index is 544. The zero-order valence-electron chi connectivity index (χ0n) is 15.5. The van der Waals surface area contributed by atoms with Crippen molar-refractivity contribution in [2.75, 3.05) is 12.3 Å². The van der Waals surface area contributed by atoms with Crippen LogP contribution >= 0.6 is 11.8 Å². The fourth-order valence-electron chi connectivity index (χ4n) is 2.45. The van der Waals surface area contributed by atoms with Crippen molar-refractivity contribution in [2.45, 2.75) is 59.5 Å². The summed E-state index contributed by atoms with van der Waals surface area (Å²) in [7, 11) is 0. The molecule has 1 aliphatic rings. The number of amides is 2. The lowest BCUT2D eigenvalue weighted by molar-refractivity contribution is -0.149. The number of carbonyl (C=O) groups is 4. The summed E-state index contributed by atoms with van der Waals surface area (Å²) in [6, 6.07) is -1.40. The lowest BCUT2D eigenvalue weighted by Gasteiger charge is -2.25. The Kier molecular flexibility index (Phi) is 7.46. The highest BCUT2D eigenvalue weighted by Crippen LogP contribution is 2.22. The van der Waals surface area contributed by atoms with E-state index in [1.165, 1.54) is 4.90 Å².